The number of carbonyl (C=O) groups excluding carboxylic acids is 2. The number of nitrogens with two attached hydrogens (primary N) is 1. The molecular formula is C9H17N3O2. The van der Waals surface area contributed by atoms with Crippen LogP contribution in [0.3, 0.4) is 0 Å². The van der Waals surface area contributed by atoms with Crippen molar-refractivity contribution in [1.29, 1.82) is 0 Å². The van der Waals surface area contributed by atoms with Gasteiger partial charge in [-0.2, -0.15) is 0 Å². The number of unbranched alkanes of at least 4 members (excludes halogenated alkanes) is 1. The fourth-order valence-corrected chi connectivity index (χ4v) is 1.44. The zero-order valence-corrected chi connectivity index (χ0v) is 8.38. The van der Waals surface area contributed by atoms with Gasteiger partial charge in [-0.05, 0) is 32.7 Å². The third-order valence-corrected chi connectivity index (χ3v) is 2.33. The van der Waals surface area contributed by atoms with Crippen LogP contribution in [-0.4, -0.2) is 30.4 Å². The SMILES string of the molecule is CC1NC(=O)C(CCCCN)NC1=O. The van der Waals surface area contributed by atoms with Gasteiger partial charge in [0.05, 0.1) is 0 Å². The van der Waals surface area contributed by atoms with Crippen molar-refractivity contribution >= 4 is 11.8 Å². The molecule has 1 rings (SSSR count). The zero-order valence-electron chi connectivity index (χ0n) is 8.38. The van der Waals surface area contributed by atoms with E-state index in [1.807, 2.05) is 0 Å². The van der Waals surface area contributed by atoms with Gasteiger partial charge in [-0.3, -0.25) is 9.59 Å². The van der Waals surface area contributed by atoms with Gasteiger partial charge in [0.25, 0.3) is 0 Å². The Balaban J connectivity index is 2.37. The second-order valence-electron chi connectivity index (χ2n) is 3.58. The van der Waals surface area contributed by atoms with Gasteiger partial charge in [-0.1, -0.05) is 0 Å². The molecule has 2 amide bonds. The minimum Gasteiger partial charge on any atom is -0.343 e. The fourth-order valence-electron chi connectivity index (χ4n) is 1.44. The van der Waals surface area contributed by atoms with Crippen molar-refractivity contribution in [2.45, 2.75) is 38.3 Å². The lowest BCUT2D eigenvalue weighted by Gasteiger charge is -2.27. The summed E-state index contributed by atoms with van der Waals surface area (Å²) >= 11 is 0. The number of hydrogen-bond acceptors (Lipinski definition) is 3. The molecular weight excluding hydrogens is 182 g/mol. The van der Waals surface area contributed by atoms with Crippen LogP contribution in [0.2, 0.25) is 0 Å². The van der Waals surface area contributed by atoms with Crippen molar-refractivity contribution in [3.8, 4) is 0 Å². The van der Waals surface area contributed by atoms with E-state index in [1.165, 1.54) is 0 Å². The molecule has 5 nitrogen and oxygen atoms in total. The highest BCUT2D eigenvalue weighted by Crippen LogP contribution is 2.05. The van der Waals surface area contributed by atoms with Crippen LogP contribution in [0.15, 0.2) is 0 Å². The summed E-state index contributed by atoms with van der Waals surface area (Å²) in [5, 5.41) is 5.31. The summed E-state index contributed by atoms with van der Waals surface area (Å²) in [5.74, 6) is -0.198. The van der Waals surface area contributed by atoms with Crippen LogP contribution in [0, 0.1) is 0 Å². The highest BCUT2D eigenvalue weighted by atomic mass is 16.2. The molecule has 1 aliphatic rings. The highest BCUT2D eigenvalue weighted by molar-refractivity contribution is 5.96. The zero-order chi connectivity index (χ0) is 10.6. The number of rotatable bonds is 4. The molecule has 14 heavy (non-hydrogen) atoms. The second kappa shape index (κ2) is 4.95. The Morgan fingerprint density at radius 1 is 1.21 bits per heavy atom. The number of nitrogens with one attached hydrogen (secondary N) is 2. The Morgan fingerprint density at radius 2 is 1.93 bits per heavy atom. The molecule has 1 saturated heterocycles. The summed E-state index contributed by atoms with van der Waals surface area (Å²) in [6.07, 6.45) is 2.42. The van der Waals surface area contributed by atoms with Gasteiger partial charge in [0.2, 0.25) is 11.8 Å². The molecule has 0 aromatic rings. The fraction of sp³-hybridized carbons (Fsp3) is 0.778. The maximum Gasteiger partial charge on any atom is 0.243 e. The van der Waals surface area contributed by atoms with Gasteiger partial charge < -0.3 is 16.4 Å². The van der Waals surface area contributed by atoms with Crippen molar-refractivity contribution in [1.82, 2.24) is 10.6 Å². The van der Waals surface area contributed by atoms with Crippen molar-refractivity contribution in [2.75, 3.05) is 6.54 Å². The smallest absolute Gasteiger partial charge is 0.243 e. The van der Waals surface area contributed by atoms with Crippen molar-refractivity contribution in [3.63, 3.8) is 0 Å². The normalized spacial score (nSPS) is 27.0. The third-order valence-electron chi connectivity index (χ3n) is 2.33. The van der Waals surface area contributed by atoms with E-state index in [-0.39, 0.29) is 17.9 Å². The maximum absolute atomic E-state index is 11.4. The molecule has 0 spiro atoms. The van der Waals surface area contributed by atoms with E-state index in [4.69, 9.17) is 5.73 Å². The standard InChI is InChI=1S/C9H17N3O2/c1-6-8(13)12-7(9(14)11-6)4-2-3-5-10/h6-7H,2-5,10H2,1H3,(H,11,14)(H,12,13). The van der Waals surface area contributed by atoms with Gasteiger partial charge >= 0.3 is 0 Å². The van der Waals surface area contributed by atoms with E-state index < -0.39 is 6.04 Å². The van der Waals surface area contributed by atoms with Crippen LogP contribution < -0.4 is 16.4 Å². The van der Waals surface area contributed by atoms with E-state index >= 15 is 0 Å². The second-order valence-corrected chi connectivity index (χ2v) is 3.58. The van der Waals surface area contributed by atoms with Crippen molar-refractivity contribution < 1.29 is 9.59 Å². The lowest BCUT2D eigenvalue weighted by Crippen LogP contribution is -2.60. The van der Waals surface area contributed by atoms with Crippen LogP contribution in [0.5, 0.6) is 0 Å². The first kappa shape index (κ1) is 11.0. The monoisotopic (exact) mass is 199 g/mol. The Hall–Kier alpha value is -1.10. The summed E-state index contributed by atoms with van der Waals surface area (Å²) in [7, 11) is 0. The molecule has 2 atom stereocenters. The molecule has 0 bridgehead atoms. The number of carbonyl (C=O) groups is 2. The summed E-state index contributed by atoms with van der Waals surface area (Å²) in [6.45, 7) is 2.29. The summed E-state index contributed by atoms with van der Waals surface area (Å²) in [6, 6.07) is -0.779. The number of amides is 2. The average molecular weight is 199 g/mol. The molecule has 0 aliphatic carbocycles. The van der Waals surface area contributed by atoms with E-state index in [0.717, 1.165) is 12.8 Å². The topological polar surface area (TPSA) is 84.2 Å². The van der Waals surface area contributed by atoms with Gasteiger partial charge in [0, 0.05) is 0 Å². The highest BCUT2D eigenvalue weighted by Gasteiger charge is 2.29. The lowest BCUT2D eigenvalue weighted by atomic mass is 10.1. The Labute approximate surface area is 83.4 Å². The van der Waals surface area contributed by atoms with Gasteiger partial charge in [-0.25, -0.2) is 0 Å². The Morgan fingerprint density at radius 3 is 2.57 bits per heavy atom. The molecule has 2 unspecified atom stereocenters. The molecule has 80 valence electrons. The van der Waals surface area contributed by atoms with Gasteiger partial charge in [0.1, 0.15) is 12.1 Å². The lowest BCUT2D eigenvalue weighted by molar-refractivity contribution is -0.136. The van der Waals surface area contributed by atoms with Crippen LogP contribution >= 0.6 is 0 Å². The van der Waals surface area contributed by atoms with Crippen LogP contribution in [0.1, 0.15) is 26.2 Å². The Kier molecular flexibility index (Phi) is 3.88. The number of hydrogen-bond donors (Lipinski definition) is 3. The van der Waals surface area contributed by atoms with Gasteiger partial charge in [0.15, 0.2) is 0 Å². The van der Waals surface area contributed by atoms with E-state index in [1.54, 1.807) is 6.92 Å². The maximum atomic E-state index is 11.4. The predicted octanol–water partition coefficient (Wildman–Crippen LogP) is -0.881. The van der Waals surface area contributed by atoms with Crippen molar-refractivity contribution in [2.24, 2.45) is 5.73 Å². The molecule has 4 N–H and O–H groups in total. The van der Waals surface area contributed by atoms with Gasteiger partial charge in [-0.15, -0.1) is 0 Å². The van der Waals surface area contributed by atoms with Crippen molar-refractivity contribution in [3.05, 3.63) is 0 Å². The predicted molar refractivity (Wildman–Crippen MR) is 52.4 cm³/mol. The first-order chi connectivity index (χ1) is 6.65. The minimum absolute atomic E-state index is 0.0888. The molecule has 1 heterocycles. The third kappa shape index (κ3) is 2.70. The molecule has 0 aromatic heterocycles. The first-order valence-corrected chi connectivity index (χ1v) is 4.96. The van der Waals surface area contributed by atoms with E-state index in [0.29, 0.717) is 13.0 Å². The van der Waals surface area contributed by atoms with Crippen LogP contribution in [0.25, 0.3) is 0 Å². The Bertz CT molecular complexity index is 230. The summed E-state index contributed by atoms with van der Waals surface area (Å²) in [4.78, 5) is 22.6. The van der Waals surface area contributed by atoms with Crippen LogP contribution in [-0.2, 0) is 9.59 Å². The van der Waals surface area contributed by atoms with Crippen LogP contribution in [0.4, 0.5) is 0 Å². The molecule has 1 fully saturated rings. The summed E-state index contributed by atoms with van der Waals surface area (Å²) < 4.78 is 0. The largest absolute Gasteiger partial charge is 0.343 e. The quantitative estimate of drug-likeness (QED) is 0.514. The van der Waals surface area contributed by atoms with E-state index in [9.17, 15) is 9.59 Å². The molecule has 5 heteroatoms. The van der Waals surface area contributed by atoms with E-state index in [2.05, 4.69) is 10.6 Å². The first-order valence-electron chi connectivity index (χ1n) is 4.96. The number of piperazine rings is 1. The molecule has 1 aliphatic heterocycles. The molecule has 0 aromatic carbocycles. The summed E-state index contributed by atoms with van der Waals surface area (Å²) in [5.41, 5.74) is 5.34. The molecule has 0 saturated carbocycles. The average Bonchev–Trinajstić information content (AvgIpc) is 2.14. The minimum atomic E-state index is -0.409. The molecule has 0 radical (unpaired) electrons.